The molecule has 0 aliphatic carbocycles. The first-order valence-corrected chi connectivity index (χ1v) is 9.20. The zero-order chi connectivity index (χ0) is 21.0. The van der Waals surface area contributed by atoms with Gasteiger partial charge in [0.2, 0.25) is 0 Å². The average Bonchev–Trinajstić information content (AvgIpc) is 3.17. The predicted molar refractivity (Wildman–Crippen MR) is 109 cm³/mol. The largest absolute Gasteiger partial charge is 0.467 e. The first-order chi connectivity index (χ1) is 13.9. The van der Waals surface area contributed by atoms with Crippen LogP contribution < -0.4 is 5.32 Å². The minimum atomic E-state index is -1.18. The third-order valence-electron chi connectivity index (χ3n) is 4.60. The van der Waals surface area contributed by atoms with Crippen LogP contribution in [0.2, 0.25) is 0 Å². The lowest BCUT2D eigenvalue weighted by molar-refractivity contribution is -0.145. The number of aromatic nitrogens is 2. The van der Waals surface area contributed by atoms with Gasteiger partial charge in [0.25, 0.3) is 5.91 Å². The van der Waals surface area contributed by atoms with Crippen LogP contribution in [0, 0.1) is 6.92 Å². The topological polar surface area (TPSA) is 93.5 Å². The van der Waals surface area contributed by atoms with Crippen LogP contribution >= 0.6 is 0 Å². The van der Waals surface area contributed by atoms with Gasteiger partial charge in [0, 0.05) is 11.8 Å². The highest BCUT2D eigenvalue weighted by Gasteiger charge is 2.29. The number of rotatable bonds is 6. The molecule has 1 aromatic heterocycles. The molecule has 0 bridgehead atoms. The van der Waals surface area contributed by atoms with E-state index in [0.717, 1.165) is 16.8 Å². The molecule has 2 aromatic carbocycles. The van der Waals surface area contributed by atoms with E-state index >= 15 is 0 Å². The number of aliphatic hydroxyl groups excluding tert-OH is 1. The minimum Gasteiger partial charge on any atom is -0.467 e. The summed E-state index contributed by atoms with van der Waals surface area (Å²) < 4.78 is 6.30. The Morgan fingerprint density at radius 2 is 1.76 bits per heavy atom. The van der Waals surface area contributed by atoms with E-state index in [-0.39, 0.29) is 5.56 Å². The Hall–Kier alpha value is -3.45. The van der Waals surface area contributed by atoms with E-state index < -0.39 is 24.0 Å². The second-order valence-electron chi connectivity index (χ2n) is 6.70. The van der Waals surface area contributed by atoms with Crippen molar-refractivity contribution in [2.75, 3.05) is 7.11 Å². The van der Waals surface area contributed by atoms with Crippen LogP contribution in [0.4, 0.5) is 0 Å². The highest BCUT2D eigenvalue weighted by Crippen LogP contribution is 2.26. The molecule has 0 aliphatic heterocycles. The Morgan fingerprint density at radius 3 is 2.38 bits per heavy atom. The number of amides is 1. The maximum absolute atomic E-state index is 13.0. The first kappa shape index (κ1) is 20.3. The second kappa shape index (κ2) is 8.70. The van der Waals surface area contributed by atoms with Crippen molar-refractivity contribution in [1.29, 1.82) is 0 Å². The number of hydrogen-bond acceptors (Lipinski definition) is 5. The van der Waals surface area contributed by atoms with Crippen LogP contribution in [0.5, 0.6) is 0 Å². The standard InChI is InChI=1S/C22H23N3O4/c1-14-9-7-8-12-17(14)20-18(13-25(24-20)16-10-5-4-6-11-16)21(27)23-19(15(2)26)22(28)29-3/h4-13,15,19,26H,1-3H3,(H,23,27)/t15-,19-/m1/s1. The van der Waals surface area contributed by atoms with Gasteiger partial charge in [0.1, 0.15) is 5.69 Å². The van der Waals surface area contributed by atoms with Crippen molar-refractivity contribution in [1.82, 2.24) is 15.1 Å². The molecule has 7 heteroatoms. The number of aryl methyl sites for hydroxylation is 1. The number of carbonyl (C=O) groups excluding carboxylic acids is 2. The summed E-state index contributed by atoms with van der Waals surface area (Å²) in [5, 5.41) is 17.1. The van der Waals surface area contributed by atoms with E-state index in [2.05, 4.69) is 15.2 Å². The summed E-state index contributed by atoms with van der Waals surface area (Å²) >= 11 is 0. The van der Waals surface area contributed by atoms with Gasteiger partial charge in [-0.25, -0.2) is 9.48 Å². The fourth-order valence-electron chi connectivity index (χ4n) is 3.01. The van der Waals surface area contributed by atoms with Gasteiger partial charge in [-0.15, -0.1) is 0 Å². The Labute approximate surface area is 168 Å². The Balaban J connectivity index is 2.06. The SMILES string of the molecule is COC(=O)[C@H](NC(=O)c1cn(-c2ccccc2)nc1-c1ccccc1C)[C@@H](C)O. The highest BCUT2D eigenvalue weighted by molar-refractivity contribution is 6.02. The van der Waals surface area contributed by atoms with Crippen molar-refractivity contribution < 1.29 is 19.4 Å². The lowest BCUT2D eigenvalue weighted by Crippen LogP contribution is -2.48. The predicted octanol–water partition coefficient (Wildman–Crippen LogP) is 2.50. The molecular weight excluding hydrogens is 370 g/mol. The van der Waals surface area contributed by atoms with Crippen LogP contribution in [0.1, 0.15) is 22.8 Å². The van der Waals surface area contributed by atoms with Gasteiger partial charge in [-0.1, -0.05) is 42.5 Å². The molecule has 0 fully saturated rings. The number of nitrogens with zero attached hydrogens (tertiary/aromatic N) is 2. The zero-order valence-electron chi connectivity index (χ0n) is 16.5. The van der Waals surface area contributed by atoms with Crippen molar-refractivity contribution in [2.45, 2.75) is 26.0 Å². The van der Waals surface area contributed by atoms with E-state index in [0.29, 0.717) is 5.69 Å². The molecule has 1 heterocycles. The number of aliphatic hydroxyl groups is 1. The third-order valence-corrected chi connectivity index (χ3v) is 4.60. The van der Waals surface area contributed by atoms with Gasteiger partial charge >= 0.3 is 5.97 Å². The minimum absolute atomic E-state index is 0.290. The van der Waals surface area contributed by atoms with Crippen molar-refractivity contribution in [3.05, 3.63) is 71.9 Å². The molecule has 0 aliphatic rings. The fourth-order valence-corrected chi connectivity index (χ4v) is 3.01. The number of ether oxygens (including phenoxy) is 1. The van der Waals surface area contributed by atoms with Gasteiger partial charge < -0.3 is 15.2 Å². The zero-order valence-corrected chi connectivity index (χ0v) is 16.5. The molecule has 1 amide bonds. The number of benzene rings is 2. The van der Waals surface area contributed by atoms with Crippen LogP contribution in [-0.4, -0.2) is 46.0 Å². The van der Waals surface area contributed by atoms with Crippen molar-refractivity contribution in [2.24, 2.45) is 0 Å². The Kier molecular flexibility index (Phi) is 6.09. The molecule has 0 spiro atoms. The number of esters is 1. The maximum atomic E-state index is 13.0. The van der Waals surface area contributed by atoms with E-state index in [1.807, 2.05) is 61.5 Å². The fraction of sp³-hybridized carbons (Fsp3) is 0.227. The number of hydrogen-bond donors (Lipinski definition) is 2. The van der Waals surface area contributed by atoms with Crippen LogP contribution in [-0.2, 0) is 9.53 Å². The molecule has 3 rings (SSSR count). The van der Waals surface area contributed by atoms with Gasteiger partial charge in [-0.2, -0.15) is 5.10 Å². The first-order valence-electron chi connectivity index (χ1n) is 9.20. The highest BCUT2D eigenvalue weighted by atomic mass is 16.5. The molecule has 150 valence electrons. The van der Waals surface area contributed by atoms with Crippen molar-refractivity contribution in [3.63, 3.8) is 0 Å². The van der Waals surface area contributed by atoms with Crippen LogP contribution in [0.15, 0.2) is 60.8 Å². The monoisotopic (exact) mass is 393 g/mol. The van der Waals surface area contributed by atoms with E-state index in [4.69, 9.17) is 0 Å². The average molecular weight is 393 g/mol. The van der Waals surface area contributed by atoms with Crippen molar-refractivity contribution >= 4 is 11.9 Å². The lowest BCUT2D eigenvalue weighted by atomic mass is 10.0. The number of nitrogens with one attached hydrogen (secondary N) is 1. The summed E-state index contributed by atoms with van der Waals surface area (Å²) in [6.07, 6.45) is 0.500. The second-order valence-corrected chi connectivity index (χ2v) is 6.70. The molecule has 0 saturated heterocycles. The van der Waals surface area contributed by atoms with Gasteiger partial charge in [0.05, 0.1) is 24.5 Å². The molecular formula is C22H23N3O4. The van der Waals surface area contributed by atoms with Crippen molar-refractivity contribution in [3.8, 4) is 16.9 Å². The summed E-state index contributed by atoms with van der Waals surface area (Å²) in [5.74, 6) is -1.25. The molecule has 2 atom stereocenters. The summed E-state index contributed by atoms with van der Waals surface area (Å²) in [7, 11) is 1.20. The summed E-state index contributed by atoms with van der Waals surface area (Å²) in [6.45, 7) is 3.35. The summed E-state index contributed by atoms with van der Waals surface area (Å²) in [4.78, 5) is 25.0. The van der Waals surface area contributed by atoms with E-state index in [9.17, 15) is 14.7 Å². The van der Waals surface area contributed by atoms with Gasteiger partial charge in [0.15, 0.2) is 6.04 Å². The Morgan fingerprint density at radius 1 is 1.10 bits per heavy atom. The third kappa shape index (κ3) is 4.35. The smallest absolute Gasteiger partial charge is 0.331 e. The molecule has 0 saturated carbocycles. The van der Waals surface area contributed by atoms with Gasteiger partial charge in [-0.05, 0) is 31.5 Å². The van der Waals surface area contributed by atoms with Crippen LogP contribution in [0.25, 0.3) is 16.9 Å². The molecule has 7 nitrogen and oxygen atoms in total. The normalized spacial score (nSPS) is 12.8. The summed E-state index contributed by atoms with van der Waals surface area (Å²) in [6, 6.07) is 15.8. The van der Waals surface area contributed by atoms with Crippen LogP contribution in [0.3, 0.4) is 0 Å². The molecule has 0 radical (unpaired) electrons. The molecule has 29 heavy (non-hydrogen) atoms. The maximum Gasteiger partial charge on any atom is 0.331 e. The quantitative estimate of drug-likeness (QED) is 0.628. The van der Waals surface area contributed by atoms with Gasteiger partial charge in [-0.3, -0.25) is 4.79 Å². The molecule has 0 unspecified atom stereocenters. The lowest BCUT2D eigenvalue weighted by Gasteiger charge is -2.18. The Bertz CT molecular complexity index is 1010. The number of methoxy groups -OCH3 is 1. The molecule has 3 aromatic rings. The molecule has 2 N–H and O–H groups in total. The number of para-hydroxylation sites is 1. The summed E-state index contributed by atoms with van der Waals surface area (Å²) in [5.41, 5.74) is 3.33. The number of carbonyl (C=O) groups is 2. The van der Waals surface area contributed by atoms with E-state index in [1.54, 1.807) is 10.9 Å². The van der Waals surface area contributed by atoms with E-state index in [1.165, 1.54) is 14.0 Å².